The molecule has 0 aromatic heterocycles. The first-order valence-corrected chi connectivity index (χ1v) is 4.64. The SMILES string of the molecule is CC1(C)Oc2cc(Br)cc(F)c2O1. The van der Waals surface area contributed by atoms with Crippen molar-refractivity contribution in [2.45, 2.75) is 19.6 Å². The van der Waals surface area contributed by atoms with Crippen LogP contribution in [0.3, 0.4) is 0 Å². The first-order valence-electron chi connectivity index (χ1n) is 3.85. The van der Waals surface area contributed by atoms with Gasteiger partial charge in [-0.05, 0) is 12.1 Å². The van der Waals surface area contributed by atoms with Gasteiger partial charge in [0.2, 0.25) is 11.5 Å². The van der Waals surface area contributed by atoms with Gasteiger partial charge in [0.15, 0.2) is 11.6 Å². The van der Waals surface area contributed by atoms with Gasteiger partial charge in [-0.3, -0.25) is 0 Å². The van der Waals surface area contributed by atoms with Crippen LogP contribution >= 0.6 is 15.9 Å². The summed E-state index contributed by atoms with van der Waals surface area (Å²) in [5, 5.41) is 0. The average Bonchev–Trinajstić information content (AvgIpc) is 2.23. The van der Waals surface area contributed by atoms with E-state index in [9.17, 15) is 4.39 Å². The molecular weight excluding hydrogens is 239 g/mol. The average molecular weight is 247 g/mol. The zero-order valence-corrected chi connectivity index (χ0v) is 8.81. The van der Waals surface area contributed by atoms with Crippen LogP contribution in [0.2, 0.25) is 0 Å². The van der Waals surface area contributed by atoms with Crippen molar-refractivity contribution in [3.05, 3.63) is 22.4 Å². The van der Waals surface area contributed by atoms with E-state index in [4.69, 9.17) is 9.47 Å². The highest BCUT2D eigenvalue weighted by Gasteiger charge is 2.34. The third-order valence-electron chi connectivity index (χ3n) is 1.68. The minimum atomic E-state index is -0.774. The molecule has 2 nitrogen and oxygen atoms in total. The van der Waals surface area contributed by atoms with E-state index in [1.165, 1.54) is 6.07 Å². The van der Waals surface area contributed by atoms with E-state index >= 15 is 0 Å². The van der Waals surface area contributed by atoms with Crippen molar-refractivity contribution in [1.29, 1.82) is 0 Å². The van der Waals surface area contributed by atoms with Gasteiger partial charge in [-0.15, -0.1) is 0 Å². The van der Waals surface area contributed by atoms with E-state index < -0.39 is 11.6 Å². The molecule has 70 valence electrons. The summed E-state index contributed by atoms with van der Waals surface area (Å²) in [6.45, 7) is 3.47. The number of halogens is 2. The second-order valence-corrected chi connectivity index (χ2v) is 4.23. The van der Waals surface area contributed by atoms with Gasteiger partial charge in [-0.1, -0.05) is 15.9 Å². The van der Waals surface area contributed by atoms with Crippen LogP contribution in [0, 0.1) is 5.82 Å². The van der Waals surface area contributed by atoms with Crippen molar-refractivity contribution in [2.75, 3.05) is 0 Å². The predicted octanol–water partition coefficient (Wildman–Crippen LogP) is 3.10. The zero-order chi connectivity index (χ0) is 9.64. The fourth-order valence-electron chi connectivity index (χ4n) is 1.24. The third-order valence-corrected chi connectivity index (χ3v) is 2.14. The van der Waals surface area contributed by atoms with Crippen molar-refractivity contribution >= 4 is 15.9 Å². The lowest BCUT2D eigenvalue weighted by molar-refractivity contribution is -0.0445. The smallest absolute Gasteiger partial charge is 0.246 e. The fourth-order valence-corrected chi connectivity index (χ4v) is 1.65. The Kier molecular flexibility index (Phi) is 1.77. The molecule has 0 radical (unpaired) electrons. The van der Waals surface area contributed by atoms with Crippen molar-refractivity contribution in [1.82, 2.24) is 0 Å². The molecule has 1 aliphatic rings. The third kappa shape index (κ3) is 1.50. The maximum absolute atomic E-state index is 13.3. The number of ether oxygens (including phenoxy) is 2. The summed E-state index contributed by atoms with van der Waals surface area (Å²) >= 11 is 3.18. The first kappa shape index (κ1) is 8.81. The molecule has 0 spiro atoms. The van der Waals surface area contributed by atoms with Crippen LogP contribution in [0.5, 0.6) is 11.5 Å². The number of hydrogen-bond acceptors (Lipinski definition) is 2. The summed E-state index contributed by atoms with van der Waals surface area (Å²) in [6, 6.07) is 3.04. The second-order valence-electron chi connectivity index (χ2n) is 3.32. The van der Waals surface area contributed by atoms with Gasteiger partial charge < -0.3 is 9.47 Å². The molecule has 0 amide bonds. The summed E-state index contributed by atoms with van der Waals surface area (Å²) in [4.78, 5) is 0. The van der Waals surface area contributed by atoms with E-state index in [1.807, 2.05) is 0 Å². The maximum Gasteiger partial charge on any atom is 0.246 e. The van der Waals surface area contributed by atoms with Crippen LogP contribution in [0.4, 0.5) is 4.39 Å². The molecule has 0 saturated carbocycles. The molecule has 13 heavy (non-hydrogen) atoms. The van der Waals surface area contributed by atoms with Crippen LogP contribution in [-0.4, -0.2) is 5.79 Å². The monoisotopic (exact) mass is 246 g/mol. The summed E-state index contributed by atoms with van der Waals surface area (Å²) in [7, 11) is 0. The van der Waals surface area contributed by atoms with Crippen LogP contribution in [-0.2, 0) is 0 Å². The van der Waals surface area contributed by atoms with Crippen LogP contribution < -0.4 is 9.47 Å². The quantitative estimate of drug-likeness (QED) is 0.701. The molecule has 0 N–H and O–H groups in total. The lowest BCUT2D eigenvalue weighted by Gasteiger charge is -2.16. The van der Waals surface area contributed by atoms with Crippen molar-refractivity contribution < 1.29 is 13.9 Å². The van der Waals surface area contributed by atoms with E-state index in [0.29, 0.717) is 10.2 Å². The molecule has 1 aromatic carbocycles. The summed E-state index contributed by atoms with van der Waals surface area (Å²) < 4.78 is 24.5. The van der Waals surface area contributed by atoms with Crippen LogP contribution in [0.25, 0.3) is 0 Å². The molecular formula is C9H8BrFO2. The van der Waals surface area contributed by atoms with E-state index in [1.54, 1.807) is 19.9 Å². The molecule has 0 aliphatic carbocycles. The fraction of sp³-hybridized carbons (Fsp3) is 0.333. The van der Waals surface area contributed by atoms with E-state index in [2.05, 4.69) is 15.9 Å². The standard InChI is InChI=1S/C9H8BrFO2/c1-9(2)12-7-4-5(10)3-6(11)8(7)13-9/h3-4H,1-2H3. The van der Waals surface area contributed by atoms with Gasteiger partial charge in [0.25, 0.3) is 0 Å². The lowest BCUT2D eigenvalue weighted by atomic mass is 10.3. The van der Waals surface area contributed by atoms with Crippen LogP contribution in [0.1, 0.15) is 13.8 Å². The Morgan fingerprint density at radius 1 is 1.31 bits per heavy atom. The van der Waals surface area contributed by atoms with E-state index in [-0.39, 0.29) is 5.75 Å². The normalized spacial score (nSPS) is 17.5. The van der Waals surface area contributed by atoms with Crippen LogP contribution in [0.15, 0.2) is 16.6 Å². The molecule has 0 atom stereocenters. The summed E-state index contributed by atoms with van der Waals surface area (Å²) in [6.07, 6.45) is 0. The highest BCUT2D eigenvalue weighted by atomic mass is 79.9. The molecule has 0 bridgehead atoms. The molecule has 0 fully saturated rings. The van der Waals surface area contributed by atoms with Crippen molar-refractivity contribution in [3.63, 3.8) is 0 Å². The Balaban J connectivity index is 2.52. The number of rotatable bonds is 0. The largest absolute Gasteiger partial charge is 0.449 e. The van der Waals surface area contributed by atoms with Crippen molar-refractivity contribution in [2.24, 2.45) is 0 Å². The van der Waals surface area contributed by atoms with Gasteiger partial charge in [-0.25, -0.2) is 4.39 Å². The Bertz CT molecular complexity index is 363. The molecule has 4 heteroatoms. The van der Waals surface area contributed by atoms with Crippen molar-refractivity contribution in [3.8, 4) is 11.5 Å². The highest BCUT2D eigenvalue weighted by molar-refractivity contribution is 9.10. The molecule has 1 aromatic rings. The maximum atomic E-state index is 13.3. The van der Waals surface area contributed by atoms with Gasteiger partial charge in [0.1, 0.15) is 0 Å². The van der Waals surface area contributed by atoms with Gasteiger partial charge in [0, 0.05) is 18.3 Å². The topological polar surface area (TPSA) is 18.5 Å². The van der Waals surface area contributed by atoms with Gasteiger partial charge in [-0.2, -0.15) is 0 Å². The molecule has 0 saturated heterocycles. The summed E-state index contributed by atoms with van der Waals surface area (Å²) in [5.41, 5.74) is 0. The Hall–Kier alpha value is -0.770. The van der Waals surface area contributed by atoms with Gasteiger partial charge in [0.05, 0.1) is 0 Å². The molecule has 0 unspecified atom stereocenters. The number of hydrogen-bond donors (Lipinski definition) is 0. The number of benzene rings is 1. The lowest BCUT2D eigenvalue weighted by Crippen LogP contribution is -2.29. The molecule has 1 aliphatic heterocycles. The van der Waals surface area contributed by atoms with Gasteiger partial charge >= 0.3 is 0 Å². The zero-order valence-electron chi connectivity index (χ0n) is 7.23. The first-order chi connectivity index (χ1) is 5.98. The second kappa shape index (κ2) is 2.61. The van der Waals surface area contributed by atoms with E-state index in [0.717, 1.165) is 0 Å². The summed E-state index contributed by atoms with van der Waals surface area (Å²) in [5.74, 6) is -0.552. The minimum absolute atomic E-state index is 0.188. The Morgan fingerprint density at radius 3 is 2.69 bits per heavy atom. The highest BCUT2D eigenvalue weighted by Crippen LogP contribution is 2.42. The Labute approximate surface area is 83.8 Å². The Morgan fingerprint density at radius 2 is 2.00 bits per heavy atom. The molecule has 1 heterocycles. The minimum Gasteiger partial charge on any atom is -0.449 e. The number of fused-ring (bicyclic) bond motifs is 1. The predicted molar refractivity (Wildman–Crippen MR) is 49.4 cm³/mol. The molecule has 2 rings (SSSR count).